The first-order valence-corrected chi connectivity index (χ1v) is 7.90. The number of hydrogen-bond acceptors (Lipinski definition) is 4. The molecule has 22 heavy (non-hydrogen) atoms. The van der Waals surface area contributed by atoms with Gasteiger partial charge in [0.05, 0.1) is 12.1 Å². The maximum Gasteiger partial charge on any atom is 0.0708 e. The SMILES string of the molecule is Cc1cc(CN(C)C2(CO)CCOCC2)c2ccccc2n1. The van der Waals surface area contributed by atoms with Gasteiger partial charge in [0.2, 0.25) is 0 Å². The molecule has 118 valence electrons. The Morgan fingerprint density at radius 2 is 2.00 bits per heavy atom. The summed E-state index contributed by atoms with van der Waals surface area (Å²) in [5, 5.41) is 11.1. The number of likely N-dealkylation sites (N-methyl/N-ethyl adjacent to an activating group) is 1. The summed E-state index contributed by atoms with van der Waals surface area (Å²) in [7, 11) is 2.10. The molecule has 1 aliphatic rings. The van der Waals surface area contributed by atoms with Crippen molar-refractivity contribution in [3.05, 3.63) is 41.6 Å². The van der Waals surface area contributed by atoms with Gasteiger partial charge in [-0.05, 0) is 44.5 Å². The van der Waals surface area contributed by atoms with E-state index in [1.807, 2.05) is 13.0 Å². The molecule has 1 saturated heterocycles. The first kappa shape index (κ1) is 15.4. The number of pyridine rings is 1. The average molecular weight is 300 g/mol. The van der Waals surface area contributed by atoms with Gasteiger partial charge < -0.3 is 9.84 Å². The Bertz CT molecular complexity index is 651. The zero-order valence-electron chi connectivity index (χ0n) is 13.4. The third-order valence-corrected chi connectivity index (χ3v) is 4.87. The Kier molecular flexibility index (Phi) is 4.43. The molecule has 0 aliphatic carbocycles. The van der Waals surface area contributed by atoms with Gasteiger partial charge in [-0.1, -0.05) is 18.2 Å². The monoisotopic (exact) mass is 300 g/mol. The van der Waals surface area contributed by atoms with Gasteiger partial charge in [0.15, 0.2) is 0 Å². The van der Waals surface area contributed by atoms with Crippen LogP contribution in [0, 0.1) is 6.92 Å². The molecule has 0 atom stereocenters. The van der Waals surface area contributed by atoms with Crippen molar-refractivity contribution in [1.29, 1.82) is 0 Å². The number of nitrogens with zero attached hydrogens (tertiary/aromatic N) is 2. The molecule has 0 bridgehead atoms. The number of rotatable bonds is 4. The lowest BCUT2D eigenvalue weighted by Crippen LogP contribution is -2.52. The van der Waals surface area contributed by atoms with Gasteiger partial charge in [0, 0.05) is 36.4 Å². The summed E-state index contributed by atoms with van der Waals surface area (Å²) in [5.74, 6) is 0. The molecule has 2 aromatic rings. The zero-order chi connectivity index (χ0) is 15.6. The molecule has 2 heterocycles. The standard InChI is InChI=1S/C18H24N2O2/c1-14-11-15(16-5-3-4-6-17(16)19-14)12-20(2)18(13-21)7-9-22-10-8-18/h3-6,11,21H,7-10,12-13H2,1-2H3. The van der Waals surface area contributed by atoms with Crippen LogP contribution in [0.1, 0.15) is 24.1 Å². The maximum atomic E-state index is 9.95. The number of aryl methyl sites for hydroxylation is 1. The maximum absolute atomic E-state index is 9.95. The van der Waals surface area contributed by atoms with Gasteiger partial charge in [-0.15, -0.1) is 0 Å². The van der Waals surface area contributed by atoms with E-state index in [0.717, 1.165) is 43.8 Å². The molecule has 4 heteroatoms. The number of aliphatic hydroxyl groups is 1. The normalized spacial score (nSPS) is 18.0. The molecular weight excluding hydrogens is 276 g/mol. The number of aromatic nitrogens is 1. The summed E-state index contributed by atoms with van der Waals surface area (Å²) in [6.45, 7) is 4.47. The Morgan fingerprint density at radius 1 is 1.27 bits per heavy atom. The van der Waals surface area contributed by atoms with E-state index >= 15 is 0 Å². The Morgan fingerprint density at radius 3 is 2.73 bits per heavy atom. The number of ether oxygens (including phenoxy) is 1. The van der Waals surface area contributed by atoms with Crippen molar-refractivity contribution in [3.8, 4) is 0 Å². The average Bonchev–Trinajstić information content (AvgIpc) is 2.55. The van der Waals surface area contributed by atoms with Crippen LogP contribution in [0.4, 0.5) is 0 Å². The third kappa shape index (κ3) is 2.86. The third-order valence-electron chi connectivity index (χ3n) is 4.87. The van der Waals surface area contributed by atoms with E-state index in [4.69, 9.17) is 4.74 Å². The van der Waals surface area contributed by atoms with Crippen LogP contribution >= 0.6 is 0 Å². The highest BCUT2D eigenvalue weighted by Gasteiger charge is 2.36. The minimum Gasteiger partial charge on any atom is -0.394 e. The summed E-state index contributed by atoms with van der Waals surface area (Å²) in [5.41, 5.74) is 3.17. The number of aliphatic hydroxyl groups excluding tert-OH is 1. The van der Waals surface area contributed by atoms with Gasteiger partial charge in [0.25, 0.3) is 0 Å². The Balaban J connectivity index is 1.92. The molecule has 0 spiro atoms. The van der Waals surface area contributed by atoms with E-state index in [2.05, 4.69) is 41.2 Å². The fraction of sp³-hybridized carbons (Fsp3) is 0.500. The highest BCUT2D eigenvalue weighted by atomic mass is 16.5. The minimum atomic E-state index is -0.170. The minimum absolute atomic E-state index is 0.170. The van der Waals surface area contributed by atoms with Gasteiger partial charge >= 0.3 is 0 Å². The molecule has 0 amide bonds. The second-order valence-corrected chi connectivity index (χ2v) is 6.29. The van der Waals surface area contributed by atoms with Crippen LogP contribution in [0.3, 0.4) is 0 Å². The number of hydrogen-bond donors (Lipinski definition) is 1. The topological polar surface area (TPSA) is 45.6 Å². The lowest BCUT2D eigenvalue weighted by Gasteiger charge is -2.43. The van der Waals surface area contributed by atoms with Crippen molar-refractivity contribution in [1.82, 2.24) is 9.88 Å². The van der Waals surface area contributed by atoms with E-state index in [-0.39, 0.29) is 12.1 Å². The van der Waals surface area contributed by atoms with Crippen LogP contribution in [0.5, 0.6) is 0 Å². The van der Waals surface area contributed by atoms with Crippen LogP contribution in [0.25, 0.3) is 10.9 Å². The van der Waals surface area contributed by atoms with E-state index in [1.165, 1.54) is 10.9 Å². The van der Waals surface area contributed by atoms with Crippen molar-refractivity contribution in [2.45, 2.75) is 31.8 Å². The lowest BCUT2D eigenvalue weighted by atomic mass is 9.88. The van der Waals surface area contributed by atoms with E-state index in [1.54, 1.807) is 0 Å². The van der Waals surface area contributed by atoms with Crippen LogP contribution in [-0.4, -0.2) is 47.4 Å². The molecule has 0 unspecified atom stereocenters. The summed E-state index contributed by atoms with van der Waals surface area (Å²) in [6.07, 6.45) is 1.75. The molecule has 3 rings (SSSR count). The van der Waals surface area contributed by atoms with E-state index in [9.17, 15) is 5.11 Å². The number of fused-ring (bicyclic) bond motifs is 1. The fourth-order valence-corrected chi connectivity index (χ4v) is 3.36. The van der Waals surface area contributed by atoms with E-state index < -0.39 is 0 Å². The predicted octanol–water partition coefficient (Wildman–Crippen LogP) is 2.52. The van der Waals surface area contributed by atoms with Gasteiger partial charge in [-0.3, -0.25) is 9.88 Å². The van der Waals surface area contributed by atoms with Crippen LogP contribution < -0.4 is 0 Å². The largest absolute Gasteiger partial charge is 0.394 e. The predicted molar refractivity (Wildman–Crippen MR) is 87.8 cm³/mol. The lowest BCUT2D eigenvalue weighted by molar-refractivity contribution is -0.0492. The first-order valence-electron chi connectivity index (χ1n) is 7.90. The van der Waals surface area contributed by atoms with Crippen LogP contribution in [0.15, 0.2) is 30.3 Å². The molecule has 0 saturated carbocycles. The second-order valence-electron chi connectivity index (χ2n) is 6.29. The molecule has 0 radical (unpaired) electrons. The summed E-state index contributed by atoms with van der Waals surface area (Å²) < 4.78 is 5.47. The quantitative estimate of drug-likeness (QED) is 0.942. The Hall–Kier alpha value is -1.49. The van der Waals surface area contributed by atoms with E-state index in [0.29, 0.717) is 0 Å². The van der Waals surface area contributed by atoms with Crippen molar-refractivity contribution in [3.63, 3.8) is 0 Å². The highest BCUT2D eigenvalue weighted by Crippen LogP contribution is 2.29. The first-order chi connectivity index (χ1) is 10.6. The summed E-state index contributed by atoms with van der Waals surface area (Å²) in [6, 6.07) is 10.4. The molecular formula is C18H24N2O2. The molecule has 1 fully saturated rings. The molecule has 1 aliphatic heterocycles. The molecule has 1 aromatic heterocycles. The van der Waals surface area contributed by atoms with Gasteiger partial charge in [-0.2, -0.15) is 0 Å². The van der Waals surface area contributed by atoms with Gasteiger partial charge in [0.1, 0.15) is 0 Å². The zero-order valence-corrected chi connectivity index (χ0v) is 13.4. The Labute approximate surface area is 131 Å². The van der Waals surface area contributed by atoms with Crippen molar-refractivity contribution in [2.75, 3.05) is 26.9 Å². The smallest absolute Gasteiger partial charge is 0.0708 e. The fourth-order valence-electron chi connectivity index (χ4n) is 3.36. The van der Waals surface area contributed by atoms with Crippen LogP contribution in [-0.2, 0) is 11.3 Å². The molecule has 1 N–H and O–H groups in total. The summed E-state index contributed by atoms with van der Waals surface area (Å²) >= 11 is 0. The number of para-hydroxylation sites is 1. The van der Waals surface area contributed by atoms with Gasteiger partial charge in [-0.25, -0.2) is 0 Å². The molecule has 4 nitrogen and oxygen atoms in total. The molecule has 1 aromatic carbocycles. The van der Waals surface area contributed by atoms with Crippen molar-refractivity contribution < 1.29 is 9.84 Å². The highest BCUT2D eigenvalue weighted by molar-refractivity contribution is 5.82. The second kappa shape index (κ2) is 6.32. The van der Waals surface area contributed by atoms with Crippen molar-refractivity contribution in [2.24, 2.45) is 0 Å². The summed E-state index contributed by atoms with van der Waals surface area (Å²) in [4.78, 5) is 6.89. The van der Waals surface area contributed by atoms with Crippen LogP contribution in [0.2, 0.25) is 0 Å². The number of benzene rings is 1. The van der Waals surface area contributed by atoms with Crippen molar-refractivity contribution >= 4 is 10.9 Å².